The first-order valence-electron chi connectivity index (χ1n) is 10.3. The summed E-state index contributed by atoms with van der Waals surface area (Å²) in [5.74, 6) is -0.718. The van der Waals surface area contributed by atoms with E-state index >= 15 is 0 Å². The van der Waals surface area contributed by atoms with Gasteiger partial charge in [0.1, 0.15) is 16.2 Å². The molecule has 2 heterocycles. The summed E-state index contributed by atoms with van der Waals surface area (Å²) < 4.78 is 71.2. The zero-order valence-corrected chi connectivity index (χ0v) is 21.2. The predicted molar refractivity (Wildman–Crippen MR) is 117 cm³/mol. The van der Waals surface area contributed by atoms with Crippen molar-refractivity contribution >= 4 is 27.9 Å². The van der Waals surface area contributed by atoms with Gasteiger partial charge in [0.15, 0.2) is 5.69 Å². The lowest BCUT2D eigenvalue weighted by Crippen LogP contribution is -2.55. The van der Waals surface area contributed by atoms with E-state index in [1.165, 1.54) is 0 Å². The number of ether oxygens (including phenoxy) is 1. The van der Waals surface area contributed by atoms with Gasteiger partial charge in [0.2, 0.25) is 5.91 Å². The Hall–Kier alpha value is -2.71. The normalized spacial score (nSPS) is 13.6. The Morgan fingerprint density at radius 2 is 1.80 bits per heavy atom. The van der Waals surface area contributed by atoms with Crippen LogP contribution in [0.5, 0.6) is 0 Å². The monoisotopic (exact) mass is 572 g/mol. The predicted octanol–water partition coefficient (Wildman–Crippen LogP) is 4.29. The molecular formula is C20H26BrF5N6O3. The quantitative estimate of drug-likeness (QED) is 0.459. The molecule has 35 heavy (non-hydrogen) atoms. The molecule has 0 unspecified atom stereocenters. The number of nitrogens with zero attached hydrogens (tertiary/aromatic N) is 4. The number of carbonyl (C=O) groups excluding carboxylic acids is 2. The summed E-state index contributed by atoms with van der Waals surface area (Å²) in [4.78, 5) is 25.4. The van der Waals surface area contributed by atoms with E-state index < -0.39 is 47.6 Å². The van der Waals surface area contributed by atoms with Gasteiger partial charge >= 0.3 is 18.8 Å². The van der Waals surface area contributed by atoms with Crippen LogP contribution in [0.15, 0.2) is 23.1 Å². The van der Waals surface area contributed by atoms with Gasteiger partial charge in [-0.1, -0.05) is 0 Å². The Balaban J connectivity index is 2.20. The second-order valence-electron chi connectivity index (χ2n) is 9.39. The second-order valence-corrected chi connectivity index (χ2v) is 10.2. The molecule has 2 amide bonds. The van der Waals surface area contributed by atoms with Crippen molar-refractivity contribution in [2.75, 3.05) is 0 Å². The second kappa shape index (κ2) is 10.5. The van der Waals surface area contributed by atoms with Gasteiger partial charge in [-0.05, 0) is 56.1 Å². The van der Waals surface area contributed by atoms with Gasteiger partial charge in [-0.25, -0.2) is 9.48 Å². The third kappa shape index (κ3) is 8.78. The highest BCUT2D eigenvalue weighted by Crippen LogP contribution is 2.30. The molecule has 0 aromatic carbocycles. The average Bonchev–Trinajstić information content (AvgIpc) is 3.26. The molecule has 196 valence electrons. The molecule has 2 aromatic rings. The van der Waals surface area contributed by atoms with E-state index in [4.69, 9.17) is 4.74 Å². The number of aromatic nitrogens is 4. The maximum absolute atomic E-state index is 13.1. The highest BCUT2D eigenvalue weighted by atomic mass is 79.9. The van der Waals surface area contributed by atoms with Crippen LogP contribution < -0.4 is 10.6 Å². The summed E-state index contributed by atoms with van der Waals surface area (Å²) in [7, 11) is 0. The standard InChI is InChI=1S/C20H26BrF5N6O3/c1-18(2,3)35-17(34)28-12(6-11-8-27-31(9-11)16(22)23)15(33)29-19(4,5)10-32-14(21)7-13(30-32)20(24,25)26/h7-9,12,16H,6,10H2,1-5H3,(H,28,34)(H,29,33)/t12-/m1/s1. The molecule has 1 atom stereocenters. The fourth-order valence-corrected chi connectivity index (χ4v) is 3.38. The van der Waals surface area contributed by atoms with Crippen molar-refractivity contribution in [3.63, 3.8) is 0 Å². The Kier molecular flexibility index (Phi) is 8.56. The molecule has 0 radical (unpaired) electrons. The third-order valence-corrected chi connectivity index (χ3v) is 4.97. The zero-order valence-electron chi connectivity index (χ0n) is 19.6. The first-order valence-corrected chi connectivity index (χ1v) is 11.1. The summed E-state index contributed by atoms with van der Waals surface area (Å²) in [6, 6.07) is -0.447. The topological polar surface area (TPSA) is 103 Å². The van der Waals surface area contributed by atoms with Crippen LogP contribution in [0.1, 0.15) is 52.4 Å². The number of alkyl halides is 5. The van der Waals surface area contributed by atoms with Crippen molar-refractivity contribution in [2.24, 2.45) is 0 Å². The van der Waals surface area contributed by atoms with Crippen LogP contribution in [-0.4, -0.2) is 48.7 Å². The van der Waals surface area contributed by atoms with E-state index in [2.05, 4.69) is 36.8 Å². The largest absolute Gasteiger partial charge is 0.444 e. The highest BCUT2D eigenvalue weighted by Gasteiger charge is 2.36. The summed E-state index contributed by atoms with van der Waals surface area (Å²) in [5.41, 5.74) is -2.86. The molecule has 0 aliphatic carbocycles. The maximum Gasteiger partial charge on any atom is 0.435 e. The molecule has 0 saturated heterocycles. The molecule has 0 aliphatic heterocycles. The first kappa shape index (κ1) is 28.5. The van der Waals surface area contributed by atoms with Gasteiger partial charge in [-0.2, -0.15) is 32.1 Å². The fraction of sp³-hybridized carbons (Fsp3) is 0.600. The first-order chi connectivity index (χ1) is 15.9. The van der Waals surface area contributed by atoms with Gasteiger partial charge in [0, 0.05) is 18.7 Å². The number of carbonyl (C=O) groups is 2. The lowest BCUT2D eigenvalue weighted by atomic mass is 10.0. The van der Waals surface area contributed by atoms with Crippen LogP contribution in [0, 0.1) is 0 Å². The fourth-order valence-electron chi connectivity index (χ4n) is 2.96. The number of hydrogen-bond donors (Lipinski definition) is 2. The molecular weight excluding hydrogens is 547 g/mol. The minimum absolute atomic E-state index is 0.0509. The Bertz CT molecular complexity index is 1040. The minimum Gasteiger partial charge on any atom is -0.444 e. The molecule has 0 bridgehead atoms. The van der Waals surface area contributed by atoms with Gasteiger partial charge in [-0.3, -0.25) is 9.48 Å². The number of nitrogens with one attached hydrogen (secondary N) is 2. The number of amides is 2. The molecule has 0 saturated carbocycles. The van der Waals surface area contributed by atoms with Crippen LogP contribution in [0.3, 0.4) is 0 Å². The molecule has 0 fully saturated rings. The smallest absolute Gasteiger partial charge is 0.435 e. The highest BCUT2D eigenvalue weighted by molar-refractivity contribution is 9.10. The van der Waals surface area contributed by atoms with Gasteiger partial charge in [-0.15, -0.1) is 0 Å². The third-order valence-electron chi connectivity index (χ3n) is 4.33. The van der Waals surface area contributed by atoms with E-state index in [-0.39, 0.29) is 23.1 Å². The summed E-state index contributed by atoms with van der Waals surface area (Å²) in [6.45, 7) is 4.91. The van der Waals surface area contributed by atoms with Gasteiger partial charge in [0.25, 0.3) is 0 Å². The van der Waals surface area contributed by atoms with E-state index in [1.54, 1.807) is 34.6 Å². The summed E-state index contributed by atoms with van der Waals surface area (Å²) >= 11 is 3.02. The Labute approximate surface area is 206 Å². The molecule has 0 spiro atoms. The van der Waals surface area contributed by atoms with Crippen LogP contribution in [0.4, 0.5) is 26.7 Å². The molecule has 2 N–H and O–H groups in total. The lowest BCUT2D eigenvalue weighted by molar-refractivity contribution is -0.141. The van der Waals surface area contributed by atoms with Crippen molar-refractivity contribution in [3.8, 4) is 0 Å². The number of hydrogen-bond acceptors (Lipinski definition) is 5. The Morgan fingerprint density at radius 3 is 2.29 bits per heavy atom. The van der Waals surface area contributed by atoms with E-state index in [9.17, 15) is 31.5 Å². The van der Waals surface area contributed by atoms with Crippen molar-refractivity contribution in [2.45, 2.75) is 77.5 Å². The van der Waals surface area contributed by atoms with Crippen LogP contribution in [0.25, 0.3) is 0 Å². The molecule has 15 heteroatoms. The number of halogens is 6. The summed E-state index contributed by atoms with van der Waals surface area (Å²) in [6.07, 6.45) is -3.59. The minimum atomic E-state index is -4.65. The van der Waals surface area contributed by atoms with E-state index in [1.807, 2.05) is 0 Å². The molecule has 2 aromatic heterocycles. The van der Waals surface area contributed by atoms with E-state index in [0.29, 0.717) is 4.68 Å². The van der Waals surface area contributed by atoms with Crippen LogP contribution in [-0.2, 0) is 28.7 Å². The molecule has 0 aliphatic rings. The van der Waals surface area contributed by atoms with Crippen molar-refractivity contribution in [1.29, 1.82) is 0 Å². The number of alkyl carbamates (subject to hydrolysis) is 1. The summed E-state index contributed by atoms with van der Waals surface area (Å²) in [5, 5.41) is 12.1. The Morgan fingerprint density at radius 1 is 1.17 bits per heavy atom. The van der Waals surface area contributed by atoms with Crippen molar-refractivity contribution < 1.29 is 36.3 Å². The number of rotatable bonds is 8. The van der Waals surface area contributed by atoms with Gasteiger partial charge < -0.3 is 15.4 Å². The van der Waals surface area contributed by atoms with Crippen molar-refractivity contribution in [1.82, 2.24) is 30.2 Å². The van der Waals surface area contributed by atoms with Crippen LogP contribution in [0.2, 0.25) is 0 Å². The van der Waals surface area contributed by atoms with Crippen molar-refractivity contribution in [3.05, 3.63) is 34.3 Å². The zero-order chi connectivity index (χ0) is 26.8. The lowest BCUT2D eigenvalue weighted by Gasteiger charge is -2.30. The average molecular weight is 573 g/mol. The maximum atomic E-state index is 13.1. The SMILES string of the molecule is CC(C)(Cn1nc(C(F)(F)F)cc1Br)NC(=O)[C@@H](Cc1cnn(C(F)F)c1)NC(=O)OC(C)(C)C. The molecule has 2 rings (SSSR count). The van der Waals surface area contributed by atoms with E-state index in [0.717, 1.165) is 23.1 Å². The molecule has 9 nitrogen and oxygen atoms in total. The van der Waals surface area contributed by atoms with Gasteiger partial charge in [0.05, 0.1) is 18.3 Å². The van der Waals surface area contributed by atoms with Crippen LogP contribution >= 0.6 is 15.9 Å².